The summed E-state index contributed by atoms with van der Waals surface area (Å²) >= 11 is 0. The van der Waals surface area contributed by atoms with E-state index in [1.54, 1.807) is 12.2 Å². The van der Waals surface area contributed by atoms with E-state index in [-0.39, 0.29) is 0 Å². The normalized spacial score (nSPS) is 16.3. The summed E-state index contributed by atoms with van der Waals surface area (Å²) in [7, 11) is -2.63. The molecule has 0 saturated carbocycles. The quantitative estimate of drug-likeness (QED) is 0.589. The molecule has 0 amide bonds. The van der Waals surface area contributed by atoms with E-state index < -0.39 is 7.14 Å². The second kappa shape index (κ2) is 6.56. The fraction of sp³-hybridized carbons (Fsp3) is 0.143. The molecule has 23 heavy (non-hydrogen) atoms. The van der Waals surface area contributed by atoms with Gasteiger partial charge in [-0.05, 0) is 28.0 Å². The molecule has 116 valence electrons. The Balaban J connectivity index is 2.42. The molecule has 0 radical (unpaired) electrons. The van der Waals surface area contributed by atoms with Crippen LogP contribution in [0, 0.1) is 0 Å². The summed E-state index contributed by atoms with van der Waals surface area (Å²) in [6.45, 7) is 7.66. The third kappa shape index (κ3) is 2.90. The van der Waals surface area contributed by atoms with Crippen molar-refractivity contribution in [3.63, 3.8) is 0 Å². The number of allylic oxidation sites excluding steroid dienone is 8. The summed E-state index contributed by atoms with van der Waals surface area (Å²) in [5, 5.41) is 3.18. The van der Waals surface area contributed by atoms with Gasteiger partial charge in [0.1, 0.15) is 7.14 Å². The van der Waals surface area contributed by atoms with Crippen LogP contribution in [-0.2, 0) is 4.57 Å². The average molecular weight is 320 g/mol. The zero-order chi connectivity index (χ0) is 16.3. The van der Waals surface area contributed by atoms with Crippen molar-refractivity contribution in [2.45, 2.75) is 6.42 Å². The molecule has 0 aromatic heterocycles. The molecular weight excluding hydrogens is 299 g/mol. The second-order valence-electron chi connectivity index (χ2n) is 5.84. The third-order valence-electron chi connectivity index (χ3n) is 4.27. The smallest absolute Gasteiger partial charge is 0.123 e. The number of fused-ring (bicyclic) bond motifs is 2. The molecule has 1 aromatic carbocycles. The predicted octanol–water partition coefficient (Wildman–Crippen LogP) is 4.14. The Morgan fingerprint density at radius 3 is 2.52 bits per heavy atom. The Morgan fingerprint density at radius 2 is 1.78 bits per heavy atom. The van der Waals surface area contributed by atoms with Crippen molar-refractivity contribution in [1.82, 2.24) is 0 Å². The van der Waals surface area contributed by atoms with Gasteiger partial charge in [-0.3, -0.25) is 0 Å². The lowest BCUT2D eigenvalue weighted by Crippen LogP contribution is -2.27. The number of benzene rings is 1. The molecule has 2 aliphatic carbocycles. The van der Waals surface area contributed by atoms with Gasteiger partial charge in [-0.25, -0.2) is 0 Å². The van der Waals surface area contributed by atoms with Gasteiger partial charge in [-0.15, -0.1) is 13.2 Å². The summed E-state index contributed by atoms with van der Waals surface area (Å²) in [5.41, 5.74) is 2.34. The maximum Gasteiger partial charge on any atom is 0.123 e. The molecule has 0 fully saturated rings. The summed E-state index contributed by atoms with van der Waals surface area (Å²) in [5.74, 6) is 0. The van der Waals surface area contributed by atoms with Crippen LogP contribution in [0.3, 0.4) is 0 Å². The van der Waals surface area contributed by atoms with Crippen molar-refractivity contribution in [2.75, 3.05) is 12.3 Å². The number of hydrogen-bond donors (Lipinski definition) is 0. The standard InChI is InChI=1S/C21H21OP/c1-3-15-23(22,16-4-2)21-19-11-7-5-9-17(19)13-14-18-10-6-8-12-20(18)21/h3-9,11-14H,1-2,10,15-16H2. The number of hydrogen-bond acceptors (Lipinski definition) is 1. The molecule has 0 atom stereocenters. The first-order valence-corrected chi connectivity index (χ1v) is 9.95. The van der Waals surface area contributed by atoms with E-state index in [0.29, 0.717) is 12.3 Å². The molecule has 0 saturated heterocycles. The molecule has 0 spiro atoms. The van der Waals surface area contributed by atoms with Crippen LogP contribution in [-0.4, -0.2) is 12.3 Å². The van der Waals surface area contributed by atoms with Gasteiger partial charge < -0.3 is 4.57 Å². The van der Waals surface area contributed by atoms with Crippen molar-refractivity contribution in [3.05, 3.63) is 95.5 Å². The van der Waals surface area contributed by atoms with Crippen LogP contribution in [0.5, 0.6) is 0 Å². The average Bonchev–Trinajstić information content (AvgIpc) is 2.72. The van der Waals surface area contributed by atoms with E-state index in [4.69, 9.17) is 0 Å². The molecule has 2 heteroatoms. The van der Waals surface area contributed by atoms with Gasteiger partial charge in [0.2, 0.25) is 0 Å². The van der Waals surface area contributed by atoms with Gasteiger partial charge >= 0.3 is 0 Å². The molecule has 3 rings (SSSR count). The summed E-state index contributed by atoms with van der Waals surface area (Å²) < 4.78 is 13.9. The lowest BCUT2D eigenvalue weighted by atomic mass is 9.97. The molecule has 0 N–H and O–H groups in total. The predicted molar refractivity (Wildman–Crippen MR) is 101 cm³/mol. The zero-order valence-corrected chi connectivity index (χ0v) is 14.1. The lowest BCUT2D eigenvalue weighted by Gasteiger charge is -2.24. The monoisotopic (exact) mass is 320 g/mol. The molecular formula is C21H21OP. The van der Waals surface area contributed by atoms with Crippen LogP contribution in [0.2, 0.25) is 0 Å². The first-order chi connectivity index (χ1) is 11.2. The van der Waals surface area contributed by atoms with Crippen molar-refractivity contribution in [1.29, 1.82) is 0 Å². The minimum absolute atomic E-state index is 0.497. The highest BCUT2D eigenvalue weighted by atomic mass is 31.2. The molecule has 0 unspecified atom stereocenters. The second-order valence-corrected chi connectivity index (χ2v) is 8.80. The molecule has 1 nitrogen and oxygen atoms in total. The minimum atomic E-state index is -2.63. The van der Waals surface area contributed by atoms with E-state index in [9.17, 15) is 4.57 Å². The van der Waals surface area contributed by atoms with Crippen molar-refractivity contribution in [2.24, 2.45) is 0 Å². The van der Waals surface area contributed by atoms with Gasteiger partial charge in [0.05, 0.1) is 0 Å². The molecule has 2 aliphatic rings. The molecule has 0 heterocycles. The van der Waals surface area contributed by atoms with Gasteiger partial charge in [0.25, 0.3) is 0 Å². The summed E-state index contributed by atoms with van der Waals surface area (Å²) in [4.78, 5) is 0. The maximum absolute atomic E-state index is 13.9. The first-order valence-electron chi connectivity index (χ1n) is 7.88. The Morgan fingerprint density at radius 1 is 1.04 bits per heavy atom. The van der Waals surface area contributed by atoms with Crippen LogP contribution in [0.15, 0.2) is 85.0 Å². The highest BCUT2D eigenvalue weighted by Gasteiger charge is 2.30. The van der Waals surface area contributed by atoms with Gasteiger partial charge in [-0.2, -0.15) is 0 Å². The Kier molecular flexibility index (Phi) is 4.50. The van der Waals surface area contributed by atoms with Crippen LogP contribution >= 0.6 is 7.14 Å². The topological polar surface area (TPSA) is 17.1 Å². The molecule has 1 aromatic rings. The van der Waals surface area contributed by atoms with E-state index in [0.717, 1.165) is 27.7 Å². The van der Waals surface area contributed by atoms with Gasteiger partial charge in [-0.1, -0.05) is 66.8 Å². The van der Waals surface area contributed by atoms with Gasteiger partial charge in [0, 0.05) is 17.6 Å². The minimum Gasteiger partial charge on any atom is -0.318 e. The van der Waals surface area contributed by atoms with Crippen LogP contribution in [0.1, 0.15) is 6.42 Å². The van der Waals surface area contributed by atoms with Crippen molar-refractivity contribution in [3.8, 4) is 0 Å². The van der Waals surface area contributed by atoms with E-state index in [1.807, 2.05) is 12.1 Å². The largest absolute Gasteiger partial charge is 0.318 e. The van der Waals surface area contributed by atoms with Crippen LogP contribution in [0.4, 0.5) is 0 Å². The molecule has 0 aliphatic heterocycles. The first kappa shape index (κ1) is 15.8. The highest BCUT2D eigenvalue weighted by Crippen LogP contribution is 2.59. The highest BCUT2D eigenvalue weighted by molar-refractivity contribution is 7.74. The van der Waals surface area contributed by atoms with Gasteiger partial charge in [0.15, 0.2) is 0 Å². The zero-order valence-electron chi connectivity index (χ0n) is 13.2. The van der Waals surface area contributed by atoms with E-state index >= 15 is 0 Å². The Labute approximate surface area is 137 Å². The number of rotatable bonds is 5. The SMILES string of the molecule is C=CCP(=O)(CC=C)C1=c2ccccc2=CC=C2CC=CC=C21. The third-order valence-corrected chi connectivity index (χ3v) is 7.27. The summed E-state index contributed by atoms with van der Waals surface area (Å²) in [6.07, 6.45) is 16.0. The molecule has 0 bridgehead atoms. The van der Waals surface area contributed by atoms with Crippen LogP contribution in [0.25, 0.3) is 11.4 Å². The van der Waals surface area contributed by atoms with E-state index in [2.05, 4.69) is 55.7 Å². The van der Waals surface area contributed by atoms with Crippen molar-refractivity contribution < 1.29 is 4.57 Å². The fourth-order valence-corrected chi connectivity index (χ4v) is 5.92. The Hall–Kier alpha value is -2.11. The summed E-state index contributed by atoms with van der Waals surface area (Å²) in [6, 6.07) is 8.21. The van der Waals surface area contributed by atoms with Crippen molar-refractivity contribution >= 4 is 18.5 Å². The maximum atomic E-state index is 13.9. The Bertz CT molecular complexity index is 895. The van der Waals surface area contributed by atoms with E-state index in [1.165, 1.54) is 5.57 Å². The van der Waals surface area contributed by atoms with Crippen LogP contribution < -0.4 is 10.4 Å². The fourth-order valence-electron chi connectivity index (χ4n) is 3.27. The lowest BCUT2D eigenvalue weighted by molar-refractivity contribution is 0.585.